The van der Waals surface area contributed by atoms with Gasteiger partial charge in [-0.15, -0.1) is 0 Å². The Morgan fingerprint density at radius 1 is 1.41 bits per heavy atom. The molecular weight excluding hydrogens is 218 g/mol. The van der Waals surface area contributed by atoms with E-state index in [1.807, 2.05) is 25.1 Å². The molecule has 0 aliphatic carbocycles. The molecule has 1 saturated heterocycles. The Kier molecular flexibility index (Phi) is 3.76. The van der Waals surface area contributed by atoms with E-state index in [-0.39, 0.29) is 6.10 Å². The van der Waals surface area contributed by atoms with Gasteiger partial charge in [-0.3, -0.25) is 4.90 Å². The van der Waals surface area contributed by atoms with Gasteiger partial charge in [-0.05, 0) is 12.5 Å². The van der Waals surface area contributed by atoms with Crippen molar-refractivity contribution in [2.24, 2.45) is 0 Å². The summed E-state index contributed by atoms with van der Waals surface area (Å²) in [5.41, 5.74) is 1.20. The predicted molar refractivity (Wildman–Crippen MR) is 63.7 cm³/mol. The van der Waals surface area contributed by atoms with Crippen LogP contribution >= 0.6 is 0 Å². The van der Waals surface area contributed by atoms with Gasteiger partial charge in [0.05, 0.1) is 6.10 Å². The standard InChI is InChI=1S/C13H17NO3/c1-10-7-14(9-12(17-10)13(15)16)8-11-5-3-2-4-6-11/h2-6,10,12H,7-9H2,1H3,(H,15,16)/t10-,12+/m0/s1. The maximum Gasteiger partial charge on any atom is 0.334 e. The minimum Gasteiger partial charge on any atom is -0.479 e. The topological polar surface area (TPSA) is 49.8 Å². The Bertz CT molecular complexity index is 380. The second kappa shape index (κ2) is 5.29. The Morgan fingerprint density at radius 3 is 2.76 bits per heavy atom. The zero-order valence-electron chi connectivity index (χ0n) is 9.87. The highest BCUT2D eigenvalue weighted by Gasteiger charge is 2.29. The van der Waals surface area contributed by atoms with Gasteiger partial charge < -0.3 is 9.84 Å². The molecule has 0 saturated carbocycles. The van der Waals surface area contributed by atoms with Gasteiger partial charge in [0, 0.05) is 19.6 Å². The SMILES string of the molecule is C[C@H]1CN(Cc2ccccc2)C[C@H](C(=O)O)O1. The molecule has 1 aromatic carbocycles. The van der Waals surface area contributed by atoms with Gasteiger partial charge in [0.15, 0.2) is 6.10 Å². The van der Waals surface area contributed by atoms with Crippen molar-refractivity contribution in [3.8, 4) is 0 Å². The third-order valence-corrected chi connectivity index (χ3v) is 2.86. The third kappa shape index (κ3) is 3.28. The minimum atomic E-state index is -0.880. The molecule has 0 spiro atoms. The molecule has 2 rings (SSSR count). The fraction of sp³-hybridized carbons (Fsp3) is 0.462. The Labute approximate surface area is 101 Å². The molecule has 17 heavy (non-hydrogen) atoms. The van der Waals surface area contributed by atoms with E-state index >= 15 is 0 Å². The average Bonchev–Trinajstić information content (AvgIpc) is 2.29. The zero-order chi connectivity index (χ0) is 12.3. The van der Waals surface area contributed by atoms with Crippen LogP contribution in [0.5, 0.6) is 0 Å². The van der Waals surface area contributed by atoms with E-state index < -0.39 is 12.1 Å². The summed E-state index contributed by atoms with van der Waals surface area (Å²) in [6.07, 6.45) is -0.740. The van der Waals surface area contributed by atoms with Crippen LogP contribution in [0.1, 0.15) is 12.5 Å². The van der Waals surface area contributed by atoms with Crippen molar-refractivity contribution >= 4 is 5.97 Å². The summed E-state index contributed by atoms with van der Waals surface area (Å²) in [6, 6.07) is 10.1. The lowest BCUT2D eigenvalue weighted by atomic mass is 10.1. The second-order valence-electron chi connectivity index (χ2n) is 4.45. The van der Waals surface area contributed by atoms with E-state index in [0.717, 1.165) is 13.1 Å². The number of hydrogen-bond acceptors (Lipinski definition) is 3. The summed E-state index contributed by atoms with van der Waals surface area (Å²) in [4.78, 5) is 13.1. The Hall–Kier alpha value is -1.39. The van der Waals surface area contributed by atoms with Gasteiger partial charge in [0.2, 0.25) is 0 Å². The molecule has 0 bridgehead atoms. The Balaban J connectivity index is 1.99. The summed E-state index contributed by atoms with van der Waals surface area (Å²) >= 11 is 0. The highest BCUT2D eigenvalue weighted by Crippen LogP contribution is 2.14. The molecule has 2 atom stereocenters. The van der Waals surface area contributed by atoms with Crippen LogP contribution in [0.25, 0.3) is 0 Å². The summed E-state index contributed by atoms with van der Waals surface area (Å²) in [7, 11) is 0. The van der Waals surface area contributed by atoms with Crippen molar-refractivity contribution < 1.29 is 14.6 Å². The molecule has 1 heterocycles. The molecule has 0 amide bonds. The summed E-state index contributed by atoms with van der Waals surface area (Å²) < 4.78 is 5.37. The predicted octanol–water partition coefficient (Wildman–Crippen LogP) is 1.36. The fourth-order valence-electron chi connectivity index (χ4n) is 2.15. The van der Waals surface area contributed by atoms with Crippen molar-refractivity contribution in [3.05, 3.63) is 35.9 Å². The third-order valence-electron chi connectivity index (χ3n) is 2.86. The summed E-state index contributed by atoms with van der Waals surface area (Å²) in [5.74, 6) is -0.880. The van der Waals surface area contributed by atoms with Crippen LogP contribution in [-0.2, 0) is 16.1 Å². The van der Waals surface area contributed by atoms with Gasteiger partial charge in [-0.2, -0.15) is 0 Å². The van der Waals surface area contributed by atoms with Crippen molar-refractivity contribution in [2.45, 2.75) is 25.7 Å². The van der Waals surface area contributed by atoms with E-state index in [1.54, 1.807) is 0 Å². The second-order valence-corrected chi connectivity index (χ2v) is 4.45. The number of carboxylic acid groups (broad SMARTS) is 1. The molecule has 0 aromatic heterocycles. The van der Waals surface area contributed by atoms with Crippen LogP contribution in [0.4, 0.5) is 0 Å². The number of carboxylic acids is 1. The van der Waals surface area contributed by atoms with Crippen LogP contribution < -0.4 is 0 Å². The monoisotopic (exact) mass is 235 g/mol. The number of carbonyl (C=O) groups is 1. The van der Waals surface area contributed by atoms with Crippen LogP contribution in [0.3, 0.4) is 0 Å². The number of hydrogen-bond donors (Lipinski definition) is 1. The van der Waals surface area contributed by atoms with E-state index in [1.165, 1.54) is 5.56 Å². The lowest BCUT2D eigenvalue weighted by Crippen LogP contribution is -2.49. The maximum atomic E-state index is 10.9. The van der Waals surface area contributed by atoms with Gasteiger partial charge in [-0.1, -0.05) is 30.3 Å². The highest BCUT2D eigenvalue weighted by atomic mass is 16.5. The molecule has 1 N–H and O–H groups in total. The van der Waals surface area contributed by atoms with Crippen molar-refractivity contribution in [1.82, 2.24) is 4.90 Å². The van der Waals surface area contributed by atoms with Crippen LogP contribution in [-0.4, -0.2) is 41.3 Å². The van der Waals surface area contributed by atoms with Gasteiger partial charge >= 0.3 is 5.97 Å². The zero-order valence-corrected chi connectivity index (χ0v) is 9.87. The number of rotatable bonds is 3. The first-order valence-corrected chi connectivity index (χ1v) is 5.79. The molecule has 4 heteroatoms. The van der Waals surface area contributed by atoms with Gasteiger partial charge in [-0.25, -0.2) is 4.79 Å². The van der Waals surface area contributed by atoms with E-state index in [4.69, 9.17) is 9.84 Å². The van der Waals surface area contributed by atoms with Gasteiger partial charge in [0.25, 0.3) is 0 Å². The van der Waals surface area contributed by atoms with Crippen molar-refractivity contribution in [3.63, 3.8) is 0 Å². The first kappa shape index (κ1) is 12.1. The first-order valence-electron chi connectivity index (χ1n) is 5.79. The molecule has 4 nitrogen and oxygen atoms in total. The maximum absolute atomic E-state index is 10.9. The quantitative estimate of drug-likeness (QED) is 0.859. The van der Waals surface area contributed by atoms with E-state index in [9.17, 15) is 4.79 Å². The Morgan fingerprint density at radius 2 is 2.12 bits per heavy atom. The van der Waals surface area contributed by atoms with E-state index in [0.29, 0.717) is 6.54 Å². The molecule has 1 aromatic rings. The lowest BCUT2D eigenvalue weighted by Gasteiger charge is -2.34. The van der Waals surface area contributed by atoms with Gasteiger partial charge in [0.1, 0.15) is 0 Å². The minimum absolute atomic E-state index is 0.0337. The summed E-state index contributed by atoms with van der Waals surface area (Å²) in [6.45, 7) is 3.92. The summed E-state index contributed by atoms with van der Waals surface area (Å²) in [5, 5.41) is 8.99. The smallest absolute Gasteiger partial charge is 0.334 e. The highest BCUT2D eigenvalue weighted by molar-refractivity contribution is 5.72. The molecule has 0 unspecified atom stereocenters. The average molecular weight is 235 g/mol. The molecule has 1 aliphatic heterocycles. The molecular formula is C13H17NO3. The van der Waals surface area contributed by atoms with Crippen LogP contribution in [0.2, 0.25) is 0 Å². The fourth-order valence-corrected chi connectivity index (χ4v) is 2.15. The molecule has 1 aliphatic rings. The largest absolute Gasteiger partial charge is 0.479 e. The molecule has 1 fully saturated rings. The number of nitrogens with zero attached hydrogens (tertiary/aromatic N) is 1. The van der Waals surface area contributed by atoms with E-state index in [2.05, 4.69) is 17.0 Å². The molecule has 92 valence electrons. The van der Waals surface area contributed by atoms with Crippen LogP contribution in [0.15, 0.2) is 30.3 Å². The lowest BCUT2D eigenvalue weighted by molar-refractivity contribution is -0.163. The number of benzene rings is 1. The number of morpholine rings is 1. The number of aliphatic carboxylic acids is 1. The van der Waals surface area contributed by atoms with Crippen molar-refractivity contribution in [1.29, 1.82) is 0 Å². The van der Waals surface area contributed by atoms with Crippen molar-refractivity contribution in [2.75, 3.05) is 13.1 Å². The normalized spacial score (nSPS) is 25.7. The number of ether oxygens (including phenoxy) is 1. The molecule has 0 radical (unpaired) electrons. The van der Waals surface area contributed by atoms with Crippen LogP contribution in [0, 0.1) is 0 Å². The first-order chi connectivity index (χ1) is 8.15.